The van der Waals surface area contributed by atoms with Crippen molar-refractivity contribution in [2.45, 2.75) is 56.8 Å². The van der Waals surface area contributed by atoms with Gasteiger partial charge in [0.05, 0.1) is 24.1 Å². The van der Waals surface area contributed by atoms with Crippen molar-refractivity contribution in [2.75, 3.05) is 12.8 Å². The minimum atomic E-state index is -1.28. The van der Waals surface area contributed by atoms with Gasteiger partial charge in [0.25, 0.3) is 5.56 Å². The Hall–Kier alpha value is -2.22. The molecule has 1 saturated heterocycles. The van der Waals surface area contributed by atoms with Crippen molar-refractivity contribution in [3.05, 3.63) is 22.2 Å². The van der Waals surface area contributed by atoms with Gasteiger partial charge in [-0.2, -0.15) is 4.98 Å². The zero-order valence-electron chi connectivity index (χ0n) is 15.5. The first-order chi connectivity index (χ1) is 13.2. The van der Waals surface area contributed by atoms with Crippen molar-refractivity contribution in [1.29, 1.82) is 0 Å². The molecule has 0 amide bonds. The van der Waals surface area contributed by atoms with Crippen LogP contribution in [-0.2, 0) is 14.2 Å². The van der Waals surface area contributed by atoms with Crippen molar-refractivity contribution >= 4 is 17.1 Å². The second kappa shape index (κ2) is 8.03. The molecule has 6 N–H and O–H groups in total. The summed E-state index contributed by atoms with van der Waals surface area (Å²) in [6, 6.07) is 0. The number of aromatic nitrogens is 4. The smallest absolute Gasteiger partial charge is 0.280 e. The molecule has 3 heterocycles. The lowest BCUT2D eigenvalue weighted by Gasteiger charge is -2.41. The Kier molecular flexibility index (Phi) is 5.88. The normalized spacial score (nSPS) is 30.3. The van der Waals surface area contributed by atoms with Crippen LogP contribution in [0.3, 0.4) is 0 Å². The van der Waals surface area contributed by atoms with E-state index in [0.29, 0.717) is 0 Å². The summed E-state index contributed by atoms with van der Waals surface area (Å²) in [5, 5.41) is 30.9. The Morgan fingerprint density at radius 2 is 2.04 bits per heavy atom. The molecule has 154 valence electrons. The van der Waals surface area contributed by atoms with Gasteiger partial charge in [-0.25, -0.2) is 9.97 Å². The van der Waals surface area contributed by atoms with Gasteiger partial charge in [0.2, 0.25) is 5.95 Å². The summed E-state index contributed by atoms with van der Waals surface area (Å²) >= 11 is 0. The SMILES string of the molecule is COC1C(O)C(C)OC(OC(C)C(O)c2cnc3nc(N)[nH]c(=O)c3n2)C1O. The zero-order valence-corrected chi connectivity index (χ0v) is 15.5. The van der Waals surface area contributed by atoms with Crippen LogP contribution in [0, 0.1) is 0 Å². The molecule has 12 nitrogen and oxygen atoms in total. The van der Waals surface area contributed by atoms with Gasteiger partial charge in [-0.3, -0.25) is 9.78 Å². The van der Waals surface area contributed by atoms with Crippen LogP contribution in [-0.4, -0.2) is 79.2 Å². The molecule has 1 aliphatic rings. The lowest BCUT2D eigenvalue weighted by molar-refractivity contribution is -0.312. The van der Waals surface area contributed by atoms with Gasteiger partial charge in [-0.15, -0.1) is 0 Å². The first kappa shape index (κ1) is 20.5. The summed E-state index contributed by atoms with van der Waals surface area (Å²) in [6.07, 6.45) is -5.94. The third-order valence-electron chi connectivity index (χ3n) is 4.61. The van der Waals surface area contributed by atoms with Crippen LogP contribution in [0.15, 0.2) is 11.0 Å². The molecule has 0 saturated carbocycles. The number of aliphatic hydroxyl groups excluding tert-OH is 3. The summed E-state index contributed by atoms with van der Waals surface area (Å²) in [7, 11) is 1.35. The van der Waals surface area contributed by atoms with Gasteiger partial charge < -0.3 is 35.3 Å². The minimum Gasteiger partial charge on any atom is -0.388 e. The standard InChI is InChI=1S/C16H23N5O7/c1-5(27-15-11(24)12(26-3)10(23)6(2)28-15)9(22)7-4-18-13-8(19-7)14(25)21-16(17)20-13/h4-6,9-12,15,22-24H,1-3H3,(H3,17,18,20,21,25). The van der Waals surface area contributed by atoms with Crippen molar-refractivity contribution in [1.82, 2.24) is 19.9 Å². The third-order valence-corrected chi connectivity index (χ3v) is 4.61. The number of ether oxygens (including phenoxy) is 3. The van der Waals surface area contributed by atoms with Crippen molar-refractivity contribution in [2.24, 2.45) is 0 Å². The maximum absolute atomic E-state index is 12.0. The number of hydrogen-bond donors (Lipinski definition) is 5. The molecule has 7 unspecified atom stereocenters. The number of nitrogens with two attached hydrogens (primary N) is 1. The molecule has 2 aromatic heterocycles. The Morgan fingerprint density at radius 1 is 1.32 bits per heavy atom. The maximum atomic E-state index is 12.0. The lowest BCUT2D eigenvalue weighted by atomic mass is 9.99. The number of rotatable bonds is 5. The zero-order chi connectivity index (χ0) is 20.6. The fourth-order valence-corrected chi connectivity index (χ4v) is 3.01. The molecule has 0 bridgehead atoms. The molecule has 2 aromatic rings. The summed E-state index contributed by atoms with van der Waals surface area (Å²) in [4.78, 5) is 26.2. The fourth-order valence-electron chi connectivity index (χ4n) is 3.01. The monoisotopic (exact) mass is 397 g/mol. The van der Waals surface area contributed by atoms with Crippen LogP contribution in [0.4, 0.5) is 5.95 Å². The van der Waals surface area contributed by atoms with Gasteiger partial charge >= 0.3 is 0 Å². The average Bonchev–Trinajstić information content (AvgIpc) is 2.65. The summed E-state index contributed by atoms with van der Waals surface area (Å²) < 4.78 is 16.2. The lowest BCUT2D eigenvalue weighted by Crippen LogP contribution is -2.58. The number of aromatic amines is 1. The molecule has 7 atom stereocenters. The molecule has 0 radical (unpaired) electrons. The van der Waals surface area contributed by atoms with E-state index in [9.17, 15) is 20.1 Å². The predicted octanol–water partition coefficient (Wildman–Crippen LogP) is -1.78. The molecule has 1 aliphatic heterocycles. The molecule has 3 rings (SSSR count). The van der Waals surface area contributed by atoms with E-state index in [1.54, 1.807) is 6.92 Å². The van der Waals surface area contributed by atoms with Crippen LogP contribution in [0.2, 0.25) is 0 Å². The second-order valence-electron chi connectivity index (χ2n) is 6.60. The van der Waals surface area contributed by atoms with E-state index in [2.05, 4.69) is 19.9 Å². The Labute approximate surface area is 159 Å². The first-order valence-corrected chi connectivity index (χ1v) is 8.63. The van der Waals surface area contributed by atoms with E-state index in [-0.39, 0.29) is 22.8 Å². The third kappa shape index (κ3) is 3.83. The molecule has 0 spiro atoms. The first-order valence-electron chi connectivity index (χ1n) is 8.63. The highest BCUT2D eigenvalue weighted by atomic mass is 16.7. The summed E-state index contributed by atoms with van der Waals surface area (Å²) in [5.74, 6) is -0.0933. The van der Waals surface area contributed by atoms with Crippen molar-refractivity contribution in [3.8, 4) is 0 Å². The van der Waals surface area contributed by atoms with E-state index in [1.165, 1.54) is 20.2 Å². The molecule has 0 aromatic carbocycles. The number of hydrogen-bond acceptors (Lipinski definition) is 11. The number of anilines is 1. The minimum absolute atomic E-state index is 0.0440. The molecular weight excluding hydrogens is 374 g/mol. The van der Waals surface area contributed by atoms with Crippen LogP contribution >= 0.6 is 0 Å². The summed E-state index contributed by atoms with van der Waals surface area (Å²) in [5.41, 5.74) is 4.91. The number of nitrogens with zero attached hydrogens (tertiary/aromatic N) is 3. The molecular formula is C16H23N5O7. The molecule has 12 heteroatoms. The predicted molar refractivity (Wildman–Crippen MR) is 95.0 cm³/mol. The average molecular weight is 397 g/mol. The van der Waals surface area contributed by atoms with Gasteiger partial charge in [-0.1, -0.05) is 0 Å². The van der Waals surface area contributed by atoms with Crippen LogP contribution in [0.25, 0.3) is 11.2 Å². The largest absolute Gasteiger partial charge is 0.388 e. The van der Waals surface area contributed by atoms with Crippen LogP contribution < -0.4 is 11.3 Å². The Morgan fingerprint density at radius 3 is 2.71 bits per heavy atom. The highest BCUT2D eigenvalue weighted by molar-refractivity contribution is 5.69. The van der Waals surface area contributed by atoms with E-state index in [4.69, 9.17) is 19.9 Å². The number of fused-ring (bicyclic) bond motifs is 1. The van der Waals surface area contributed by atoms with Crippen molar-refractivity contribution < 1.29 is 29.5 Å². The van der Waals surface area contributed by atoms with Gasteiger partial charge in [-0.05, 0) is 13.8 Å². The highest BCUT2D eigenvalue weighted by Crippen LogP contribution is 2.27. The van der Waals surface area contributed by atoms with E-state index < -0.39 is 48.5 Å². The topological polar surface area (TPSA) is 186 Å². The number of nitrogen functional groups attached to an aromatic ring is 1. The molecule has 1 fully saturated rings. The highest BCUT2D eigenvalue weighted by Gasteiger charge is 2.44. The molecule has 0 aliphatic carbocycles. The maximum Gasteiger partial charge on any atom is 0.280 e. The number of H-pyrrole nitrogens is 1. The van der Waals surface area contributed by atoms with E-state index in [0.717, 1.165) is 0 Å². The Balaban J connectivity index is 1.78. The Bertz CT molecular complexity index is 893. The molecule has 28 heavy (non-hydrogen) atoms. The van der Waals surface area contributed by atoms with E-state index in [1.807, 2.05) is 0 Å². The van der Waals surface area contributed by atoms with Crippen molar-refractivity contribution in [3.63, 3.8) is 0 Å². The second-order valence-corrected chi connectivity index (χ2v) is 6.60. The van der Waals surface area contributed by atoms with E-state index >= 15 is 0 Å². The summed E-state index contributed by atoms with van der Waals surface area (Å²) in [6.45, 7) is 3.15. The fraction of sp³-hybridized carbons (Fsp3) is 0.625. The van der Waals surface area contributed by atoms with Crippen LogP contribution in [0.1, 0.15) is 25.6 Å². The quantitative estimate of drug-likeness (QED) is 0.384. The van der Waals surface area contributed by atoms with Gasteiger partial charge in [0.1, 0.15) is 24.4 Å². The number of aliphatic hydroxyl groups is 3. The van der Waals surface area contributed by atoms with Crippen LogP contribution in [0.5, 0.6) is 0 Å². The van der Waals surface area contributed by atoms with Gasteiger partial charge in [0.15, 0.2) is 17.5 Å². The van der Waals surface area contributed by atoms with Gasteiger partial charge in [0, 0.05) is 7.11 Å². The number of nitrogens with one attached hydrogen (secondary N) is 1. The number of methoxy groups -OCH3 is 1.